The zero-order chi connectivity index (χ0) is 24.4. The van der Waals surface area contributed by atoms with Gasteiger partial charge in [0.05, 0.1) is 35.9 Å². The number of carbonyl (C=O) groups is 1. The summed E-state index contributed by atoms with van der Waals surface area (Å²) >= 11 is 0. The molecular weight excluding hydrogens is 435 g/mol. The number of nitrogens with two attached hydrogens (primary N) is 1. The number of nitrogens with one attached hydrogen (secondary N) is 1. The summed E-state index contributed by atoms with van der Waals surface area (Å²) in [6, 6.07) is 13.2. The Morgan fingerprint density at radius 1 is 1.12 bits per heavy atom. The standard InChI is InChI=1S/C14H14N4.C8H8F3NO.CH2O/c1-15-12-3-2-4-13-14(12)17-10-18(13)9-11-5-7-16-8-6-11;1-13-7-3-2-5(4-6(7)12)8(9,10)11;1-2/h2-8,10,15H,9H2,1H3;2-4H,12H2,1H3;1H2. The molecule has 2 aromatic heterocycles. The molecule has 4 rings (SSSR count). The lowest BCUT2D eigenvalue weighted by molar-refractivity contribution is -0.137. The number of pyridine rings is 1. The Balaban J connectivity index is 0.000000228. The van der Waals surface area contributed by atoms with Crippen molar-refractivity contribution in [2.45, 2.75) is 12.7 Å². The predicted molar refractivity (Wildman–Crippen MR) is 122 cm³/mol. The average Bonchev–Trinajstić information content (AvgIpc) is 3.24. The number of ether oxygens (including phenoxy) is 1. The van der Waals surface area contributed by atoms with E-state index in [1.807, 2.05) is 56.8 Å². The summed E-state index contributed by atoms with van der Waals surface area (Å²) in [7, 11) is 3.26. The highest BCUT2D eigenvalue weighted by Gasteiger charge is 2.30. The van der Waals surface area contributed by atoms with E-state index >= 15 is 0 Å². The Labute approximate surface area is 189 Å². The van der Waals surface area contributed by atoms with Crippen LogP contribution in [0.15, 0.2) is 67.3 Å². The van der Waals surface area contributed by atoms with Crippen molar-refractivity contribution in [1.29, 1.82) is 0 Å². The molecule has 2 heterocycles. The first kappa shape index (κ1) is 25.2. The van der Waals surface area contributed by atoms with E-state index in [-0.39, 0.29) is 11.4 Å². The number of anilines is 2. The number of hydrogen-bond donors (Lipinski definition) is 2. The molecule has 33 heavy (non-hydrogen) atoms. The number of rotatable bonds is 4. The minimum atomic E-state index is -4.36. The molecule has 0 bridgehead atoms. The lowest BCUT2D eigenvalue weighted by Crippen LogP contribution is -2.05. The molecule has 0 aliphatic carbocycles. The van der Waals surface area contributed by atoms with Gasteiger partial charge in [-0.05, 0) is 48.0 Å². The SMILES string of the molecule is C=O.CNc1cccc2c1ncn2Cc1ccncc1.COc1ccc(C(F)(F)F)cc1N. The zero-order valence-corrected chi connectivity index (χ0v) is 18.1. The monoisotopic (exact) mass is 459 g/mol. The number of fused-ring (bicyclic) bond motifs is 1. The van der Waals surface area contributed by atoms with Crippen LogP contribution in [0.2, 0.25) is 0 Å². The smallest absolute Gasteiger partial charge is 0.416 e. The van der Waals surface area contributed by atoms with Gasteiger partial charge in [0.25, 0.3) is 0 Å². The van der Waals surface area contributed by atoms with Gasteiger partial charge in [-0.1, -0.05) is 6.07 Å². The molecule has 0 aliphatic rings. The molecule has 0 unspecified atom stereocenters. The maximum absolute atomic E-state index is 12.1. The van der Waals surface area contributed by atoms with Crippen molar-refractivity contribution in [2.24, 2.45) is 0 Å². The molecule has 0 atom stereocenters. The van der Waals surface area contributed by atoms with Crippen LogP contribution in [-0.2, 0) is 17.5 Å². The van der Waals surface area contributed by atoms with Crippen molar-refractivity contribution < 1.29 is 22.7 Å². The first-order valence-electron chi connectivity index (χ1n) is 9.63. The largest absolute Gasteiger partial charge is 0.495 e. The van der Waals surface area contributed by atoms with Crippen molar-refractivity contribution in [3.63, 3.8) is 0 Å². The number of carbonyl (C=O) groups excluding carboxylic acids is 1. The quantitative estimate of drug-likeness (QED) is 0.432. The van der Waals surface area contributed by atoms with Gasteiger partial charge in [-0.3, -0.25) is 4.98 Å². The number of para-hydroxylation sites is 1. The molecule has 4 aromatic rings. The Bertz CT molecular complexity index is 1160. The fourth-order valence-electron chi connectivity index (χ4n) is 3.01. The fraction of sp³-hybridized carbons (Fsp3) is 0.174. The van der Waals surface area contributed by atoms with Gasteiger partial charge >= 0.3 is 6.18 Å². The number of benzene rings is 2. The topological polar surface area (TPSA) is 95.1 Å². The minimum Gasteiger partial charge on any atom is -0.495 e. The molecule has 0 aliphatic heterocycles. The average molecular weight is 459 g/mol. The molecule has 0 spiro atoms. The summed E-state index contributed by atoms with van der Waals surface area (Å²) in [6.07, 6.45) is 1.15. The zero-order valence-electron chi connectivity index (χ0n) is 18.1. The van der Waals surface area contributed by atoms with Crippen LogP contribution in [-0.4, -0.2) is 35.5 Å². The number of halogens is 3. The molecule has 0 saturated carbocycles. The Morgan fingerprint density at radius 3 is 2.39 bits per heavy atom. The van der Waals surface area contributed by atoms with Crippen molar-refractivity contribution in [3.8, 4) is 5.75 Å². The highest BCUT2D eigenvalue weighted by Crippen LogP contribution is 2.33. The lowest BCUT2D eigenvalue weighted by Gasteiger charge is -2.09. The summed E-state index contributed by atoms with van der Waals surface area (Å²) < 4.78 is 43.2. The summed E-state index contributed by atoms with van der Waals surface area (Å²) in [5.74, 6) is 0.244. The number of methoxy groups -OCH3 is 1. The Morgan fingerprint density at radius 2 is 1.82 bits per heavy atom. The van der Waals surface area contributed by atoms with Gasteiger partial charge in [0.2, 0.25) is 0 Å². The lowest BCUT2D eigenvalue weighted by atomic mass is 10.2. The molecule has 2 aromatic carbocycles. The van der Waals surface area contributed by atoms with Gasteiger partial charge < -0.3 is 25.1 Å². The molecule has 7 nitrogen and oxygen atoms in total. The second-order valence-electron chi connectivity index (χ2n) is 6.61. The third kappa shape index (κ3) is 6.45. The summed E-state index contributed by atoms with van der Waals surface area (Å²) in [5.41, 5.74) is 8.94. The van der Waals surface area contributed by atoms with Crippen LogP contribution in [0.25, 0.3) is 11.0 Å². The minimum absolute atomic E-state index is 0.0164. The summed E-state index contributed by atoms with van der Waals surface area (Å²) in [6.45, 7) is 2.81. The van der Waals surface area contributed by atoms with Crippen LogP contribution < -0.4 is 15.8 Å². The van der Waals surface area contributed by atoms with E-state index in [4.69, 9.17) is 15.3 Å². The van der Waals surface area contributed by atoms with Crippen molar-refractivity contribution in [1.82, 2.24) is 14.5 Å². The van der Waals surface area contributed by atoms with Crippen LogP contribution in [0.3, 0.4) is 0 Å². The van der Waals surface area contributed by atoms with Gasteiger partial charge in [-0.15, -0.1) is 0 Å². The van der Waals surface area contributed by atoms with E-state index in [9.17, 15) is 13.2 Å². The van der Waals surface area contributed by atoms with Crippen LogP contribution in [0, 0.1) is 0 Å². The molecule has 0 radical (unpaired) electrons. The van der Waals surface area contributed by atoms with Gasteiger partial charge in [0, 0.05) is 26.0 Å². The first-order valence-corrected chi connectivity index (χ1v) is 9.63. The van der Waals surface area contributed by atoms with E-state index < -0.39 is 11.7 Å². The van der Waals surface area contributed by atoms with E-state index in [0.29, 0.717) is 0 Å². The number of alkyl halides is 3. The van der Waals surface area contributed by atoms with Crippen molar-refractivity contribution in [3.05, 3.63) is 78.4 Å². The van der Waals surface area contributed by atoms with Crippen LogP contribution >= 0.6 is 0 Å². The van der Waals surface area contributed by atoms with Crippen molar-refractivity contribution >= 4 is 29.2 Å². The summed E-state index contributed by atoms with van der Waals surface area (Å²) in [5, 5.41) is 3.16. The predicted octanol–water partition coefficient (Wildman–Crippen LogP) is 4.63. The first-order chi connectivity index (χ1) is 15.8. The Kier molecular flexibility index (Phi) is 8.79. The van der Waals surface area contributed by atoms with Gasteiger partial charge in [-0.25, -0.2) is 4.98 Å². The maximum Gasteiger partial charge on any atom is 0.416 e. The molecular formula is C23H24F3N5O2. The highest BCUT2D eigenvalue weighted by atomic mass is 19.4. The molecule has 0 amide bonds. The molecule has 0 fully saturated rings. The number of nitrogens with zero attached hydrogens (tertiary/aromatic N) is 3. The molecule has 3 N–H and O–H groups in total. The highest BCUT2D eigenvalue weighted by molar-refractivity contribution is 5.88. The maximum atomic E-state index is 12.1. The van der Waals surface area contributed by atoms with E-state index in [1.165, 1.54) is 18.7 Å². The second kappa shape index (κ2) is 11.5. The van der Waals surface area contributed by atoms with Crippen LogP contribution in [0.5, 0.6) is 5.75 Å². The van der Waals surface area contributed by atoms with E-state index in [1.54, 1.807) is 0 Å². The number of hydrogen-bond acceptors (Lipinski definition) is 6. The van der Waals surface area contributed by atoms with Gasteiger partial charge in [-0.2, -0.15) is 13.2 Å². The fourth-order valence-corrected chi connectivity index (χ4v) is 3.01. The van der Waals surface area contributed by atoms with E-state index in [0.717, 1.165) is 35.4 Å². The normalized spacial score (nSPS) is 10.5. The van der Waals surface area contributed by atoms with Gasteiger partial charge in [0.1, 0.15) is 18.1 Å². The van der Waals surface area contributed by atoms with E-state index in [2.05, 4.69) is 25.9 Å². The summed E-state index contributed by atoms with van der Waals surface area (Å²) in [4.78, 5) is 16.5. The third-order valence-corrected chi connectivity index (χ3v) is 4.58. The number of nitrogen functional groups attached to an aromatic ring is 1. The molecule has 0 saturated heterocycles. The number of imidazole rings is 1. The second-order valence-corrected chi connectivity index (χ2v) is 6.61. The number of aromatic nitrogens is 3. The van der Waals surface area contributed by atoms with Crippen LogP contribution in [0.1, 0.15) is 11.1 Å². The molecule has 174 valence electrons. The van der Waals surface area contributed by atoms with Crippen LogP contribution in [0.4, 0.5) is 24.5 Å². The third-order valence-electron chi connectivity index (χ3n) is 4.58. The van der Waals surface area contributed by atoms with Crippen molar-refractivity contribution in [2.75, 3.05) is 25.2 Å². The Hall–Kier alpha value is -4.08. The molecule has 10 heteroatoms. The van der Waals surface area contributed by atoms with Gasteiger partial charge in [0.15, 0.2) is 0 Å².